The molecule has 4 heteroatoms. The topological polar surface area (TPSA) is 29.5 Å². The largest absolute Gasteiger partial charge is 0.488 e. The number of hydrogen-bond acceptors (Lipinski definition) is 2. The number of hydrogen-bond donors (Lipinski definition) is 1. The van der Waals surface area contributed by atoms with Crippen molar-refractivity contribution >= 4 is 0 Å². The van der Waals surface area contributed by atoms with Gasteiger partial charge >= 0.3 is 0 Å². The molecule has 0 fully saturated rings. The lowest BCUT2D eigenvalue weighted by Gasteiger charge is -2.08. The predicted octanol–water partition coefficient (Wildman–Crippen LogP) is 3.28. The summed E-state index contributed by atoms with van der Waals surface area (Å²) >= 11 is 0. The van der Waals surface area contributed by atoms with Crippen LogP contribution >= 0.6 is 0 Å². The zero-order valence-corrected chi connectivity index (χ0v) is 11.3. The summed E-state index contributed by atoms with van der Waals surface area (Å²) in [4.78, 5) is 0. The van der Waals surface area contributed by atoms with E-state index in [0.717, 1.165) is 0 Å². The molecule has 0 aliphatic heterocycles. The van der Waals surface area contributed by atoms with E-state index in [4.69, 9.17) is 9.84 Å². The molecule has 108 valence electrons. The van der Waals surface area contributed by atoms with Crippen LogP contribution < -0.4 is 4.74 Å². The van der Waals surface area contributed by atoms with Gasteiger partial charge in [-0.2, -0.15) is 0 Å². The second-order valence-electron chi connectivity index (χ2n) is 4.33. The van der Waals surface area contributed by atoms with Gasteiger partial charge in [-0.25, -0.2) is 8.78 Å². The van der Waals surface area contributed by atoms with Gasteiger partial charge in [-0.15, -0.1) is 0 Å². The molecule has 1 N–H and O–H groups in total. The maximum Gasteiger partial charge on any atom is 0.135 e. The Labute approximate surface area is 122 Å². The maximum atomic E-state index is 13.3. The highest BCUT2D eigenvalue weighted by Crippen LogP contribution is 2.20. The average Bonchev–Trinajstić information content (AvgIpc) is 2.47. The molecule has 0 amide bonds. The summed E-state index contributed by atoms with van der Waals surface area (Å²) in [5.41, 5.74) is 1.08. The normalized spacial score (nSPS) is 9.86. The zero-order valence-electron chi connectivity index (χ0n) is 11.3. The number of halogens is 2. The quantitative estimate of drug-likeness (QED) is 0.875. The highest BCUT2D eigenvalue weighted by atomic mass is 19.1. The van der Waals surface area contributed by atoms with Crippen LogP contribution in [0.5, 0.6) is 5.75 Å². The van der Waals surface area contributed by atoms with Crippen molar-refractivity contribution in [2.45, 2.75) is 13.0 Å². The van der Waals surface area contributed by atoms with Gasteiger partial charge in [-0.3, -0.25) is 0 Å². The van der Waals surface area contributed by atoms with E-state index >= 15 is 0 Å². The van der Waals surface area contributed by atoms with Gasteiger partial charge in [0.05, 0.1) is 12.2 Å². The van der Waals surface area contributed by atoms with Crippen molar-refractivity contribution in [1.82, 2.24) is 0 Å². The molecule has 0 heterocycles. The molecule has 0 radical (unpaired) electrons. The standard InChI is InChI=1S/C17H14F2O2/c18-15-6-3-4-13(10-15)12-21-17-8-7-16(19)11-14(17)5-1-2-9-20/h3-4,6-8,10-11,20H,2,9,12H2. The molecule has 0 atom stereocenters. The van der Waals surface area contributed by atoms with Crippen LogP contribution in [0.25, 0.3) is 0 Å². The SMILES string of the molecule is OCCC#Cc1cc(F)ccc1OCc1cccc(F)c1. The third-order valence-corrected chi connectivity index (χ3v) is 2.68. The molecule has 0 aliphatic carbocycles. The third kappa shape index (κ3) is 4.59. The number of ether oxygens (including phenoxy) is 1. The van der Waals surface area contributed by atoms with Gasteiger partial charge < -0.3 is 9.84 Å². The summed E-state index contributed by atoms with van der Waals surface area (Å²) in [6, 6.07) is 10.1. The van der Waals surface area contributed by atoms with Crippen molar-refractivity contribution < 1.29 is 18.6 Å². The Morgan fingerprint density at radius 3 is 2.62 bits per heavy atom. The highest BCUT2D eigenvalue weighted by Gasteiger charge is 2.04. The van der Waals surface area contributed by atoms with Gasteiger partial charge in [0.25, 0.3) is 0 Å². The minimum Gasteiger partial charge on any atom is -0.488 e. The second kappa shape index (κ2) is 7.41. The van der Waals surface area contributed by atoms with Crippen LogP contribution in [0, 0.1) is 23.5 Å². The van der Waals surface area contributed by atoms with E-state index in [-0.39, 0.29) is 19.0 Å². The number of aliphatic hydroxyl groups excluding tert-OH is 1. The van der Waals surface area contributed by atoms with E-state index < -0.39 is 5.82 Å². The van der Waals surface area contributed by atoms with Gasteiger partial charge in [0.1, 0.15) is 24.0 Å². The lowest BCUT2D eigenvalue weighted by molar-refractivity contribution is 0.303. The fourth-order valence-electron chi connectivity index (χ4n) is 1.73. The van der Waals surface area contributed by atoms with E-state index in [0.29, 0.717) is 23.3 Å². The molecule has 0 aliphatic rings. The lowest BCUT2D eigenvalue weighted by atomic mass is 10.2. The summed E-state index contributed by atoms with van der Waals surface area (Å²) in [6.07, 6.45) is 0.305. The van der Waals surface area contributed by atoms with Crippen LogP contribution in [-0.4, -0.2) is 11.7 Å². The van der Waals surface area contributed by atoms with Crippen LogP contribution in [-0.2, 0) is 6.61 Å². The van der Waals surface area contributed by atoms with E-state index in [2.05, 4.69) is 11.8 Å². The summed E-state index contributed by atoms with van der Waals surface area (Å²) in [5.74, 6) is 5.15. The molecule has 2 nitrogen and oxygen atoms in total. The summed E-state index contributed by atoms with van der Waals surface area (Å²) < 4.78 is 31.9. The molecule has 0 saturated heterocycles. The Morgan fingerprint density at radius 1 is 1.05 bits per heavy atom. The van der Waals surface area contributed by atoms with Crippen molar-refractivity contribution in [3.05, 3.63) is 65.2 Å². The lowest BCUT2D eigenvalue weighted by Crippen LogP contribution is -1.98. The first-order chi connectivity index (χ1) is 10.2. The van der Waals surface area contributed by atoms with Crippen molar-refractivity contribution in [2.75, 3.05) is 6.61 Å². The Balaban J connectivity index is 2.14. The predicted molar refractivity (Wildman–Crippen MR) is 75.7 cm³/mol. The molecule has 2 aromatic carbocycles. The first-order valence-corrected chi connectivity index (χ1v) is 6.45. The first kappa shape index (κ1) is 15.0. The summed E-state index contributed by atoms with van der Waals surface area (Å²) in [6.45, 7) is 0.111. The minimum atomic E-state index is -0.415. The number of rotatable bonds is 4. The molecular formula is C17H14F2O2. The van der Waals surface area contributed by atoms with Crippen LogP contribution in [0.2, 0.25) is 0 Å². The highest BCUT2D eigenvalue weighted by molar-refractivity contribution is 5.46. The monoisotopic (exact) mass is 288 g/mol. The molecule has 0 spiro atoms. The molecule has 2 aromatic rings. The molecule has 0 unspecified atom stereocenters. The van der Waals surface area contributed by atoms with Gasteiger partial charge in [0.2, 0.25) is 0 Å². The van der Waals surface area contributed by atoms with Crippen LogP contribution in [0.4, 0.5) is 8.78 Å². The van der Waals surface area contributed by atoms with Crippen molar-refractivity contribution in [2.24, 2.45) is 0 Å². The molecule has 0 aromatic heterocycles. The molecule has 2 rings (SSSR count). The molecule has 0 bridgehead atoms. The zero-order chi connectivity index (χ0) is 15.1. The summed E-state index contributed by atoms with van der Waals surface area (Å²) in [5, 5.41) is 8.70. The Bertz CT molecular complexity index is 672. The fourth-order valence-corrected chi connectivity index (χ4v) is 1.73. The Kier molecular flexibility index (Phi) is 5.30. The molecule has 21 heavy (non-hydrogen) atoms. The molecule has 0 saturated carbocycles. The Morgan fingerprint density at radius 2 is 1.86 bits per heavy atom. The minimum absolute atomic E-state index is 0.0538. The number of benzene rings is 2. The van der Waals surface area contributed by atoms with Gasteiger partial charge in [0, 0.05) is 6.42 Å². The van der Waals surface area contributed by atoms with Crippen molar-refractivity contribution in [3.63, 3.8) is 0 Å². The maximum absolute atomic E-state index is 13.3. The third-order valence-electron chi connectivity index (χ3n) is 2.68. The van der Waals surface area contributed by atoms with Gasteiger partial charge in [0.15, 0.2) is 0 Å². The van der Waals surface area contributed by atoms with Crippen LogP contribution in [0.1, 0.15) is 17.5 Å². The second-order valence-corrected chi connectivity index (χ2v) is 4.33. The summed E-state index contributed by atoms with van der Waals surface area (Å²) in [7, 11) is 0. The van der Waals surface area contributed by atoms with Crippen molar-refractivity contribution in [3.8, 4) is 17.6 Å². The smallest absolute Gasteiger partial charge is 0.135 e. The van der Waals surface area contributed by atoms with E-state index in [1.165, 1.54) is 30.3 Å². The average molecular weight is 288 g/mol. The Hall–Kier alpha value is -2.38. The van der Waals surface area contributed by atoms with Gasteiger partial charge in [-0.1, -0.05) is 24.0 Å². The van der Waals surface area contributed by atoms with E-state index in [9.17, 15) is 8.78 Å². The first-order valence-electron chi connectivity index (χ1n) is 6.45. The van der Waals surface area contributed by atoms with Crippen LogP contribution in [0.3, 0.4) is 0 Å². The van der Waals surface area contributed by atoms with E-state index in [1.54, 1.807) is 12.1 Å². The van der Waals surface area contributed by atoms with Gasteiger partial charge in [-0.05, 0) is 35.9 Å². The van der Waals surface area contributed by atoms with Crippen molar-refractivity contribution in [1.29, 1.82) is 0 Å². The van der Waals surface area contributed by atoms with Crippen LogP contribution in [0.15, 0.2) is 42.5 Å². The number of aliphatic hydroxyl groups is 1. The molecular weight excluding hydrogens is 274 g/mol. The fraction of sp³-hybridized carbons (Fsp3) is 0.176. The van der Waals surface area contributed by atoms with E-state index in [1.807, 2.05) is 0 Å².